The lowest BCUT2D eigenvalue weighted by molar-refractivity contribution is 0.252. The van der Waals surface area contributed by atoms with Crippen LogP contribution < -0.4 is 10.6 Å². The van der Waals surface area contributed by atoms with Gasteiger partial charge in [0.2, 0.25) is 0 Å². The molecule has 3 rings (SSSR count). The fourth-order valence-corrected chi connectivity index (χ4v) is 3.45. The molecule has 2 heterocycles. The number of nitrogens with zero attached hydrogens (tertiary/aromatic N) is 2. The molecule has 2 N–H and O–H groups in total. The summed E-state index contributed by atoms with van der Waals surface area (Å²) in [6.07, 6.45) is 4.28. The van der Waals surface area contributed by atoms with Crippen molar-refractivity contribution in [2.45, 2.75) is 13.3 Å². The highest BCUT2D eigenvalue weighted by molar-refractivity contribution is 7.15. The summed E-state index contributed by atoms with van der Waals surface area (Å²) in [5, 5.41) is 7.21. The first kappa shape index (κ1) is 17.4. The molecule has 5 nitrogen and oxygen atoms in total. The standard InChI is InChI=1S/C18H17ClN4OS/c1-12-16(25-17(22-12)13-3-2-9-20-11-13)8-10-21-18(24)23-15-6-4-14(19)5-7-15/h2-7,9,11H,8,10H2,1H3,(H2,21,23,24). The number of nitrogens with one attached hydrogen (secondary N) is 2. The van der Waals surface area contributed by atoms with Crippen LogP contribution >= 0.6 is 22.9 Å². The first-order valence-corrected chi connectivity index (χ1v) is 8.98. The molecule has 0 aliphatic rings. The number of hydrogen-bond acceptors (Lipinski definition) is 4. The van der Waals surface area contributed by atoms with Gasteiger partial charge in [0.25, 0.3) is 0 Å². The summed E-state index contributed by atoms with van der Waals surface area (Å²) >= 11 is 7.46. The minimum Gasteiger partial charge on any atom is -0.338 e. The molecule has 0 saturated heterocycles. The van der Waals surface area contributed by atoms with Gasteiger partial charge in [-0.15, -0.1) is 11.3 Å². The predicted octanol–water partition coefficient (Wildman–Crippen LogP) is 4.53. The van der Waals surface area contributed by atoms with Crippen LogP contribution in [0.3, 0.4) is 0 Å². The maximum absolute atomic E-state index is 11.9. The highest BCUT2D eigenvalue weighted by Crippen LogP contribution is 2.27. The molecule has 25 heavy (non-hydrogen) atoms. The number of carbonyl (C=O) groups excluding carboxylic acids is 1. The molecule has 0 aliphatic carbocycles. The van der Waals surface area contributed by atoms with Gasteiger partial charge in [-0.3, -0.25) is 4.98 Å². The number of hydrogen-bond donors (Lipinski definition) is 2. The van der Waals surface area contributed by atoms with Crippen LogP contribution in [0, 0.1) is 6.92 Å². The van der Waals surface area contributed by atoms with Crippen LogP contribution in [0.2, 0.25) is 5.02 Å². The van der Waals surface area contributed by atoms with Gasteiger partial charge < -0.3 is 10.6 Å². The van der Waals surface area contributed by atoms with Gasteiger partial charge in [0.1, 0.15) is 5.01 Å². The van der Waals surface area contributed by atoms with Crippen molar-refractivity contribution in [3.63, 3.8) is 0 Å². The van der Waals surface area contributed by atoms with Crippen molar-refractivity contribution in [1.29, 1.82) is 0 Å². The third kappa shape index (κ3) is 4.78. The third-order valence-corrected chi connectivity index (χ3v) is 5.06. The second-order valence-electron chi connectivity index (χ2n) is 5.41. The molecule has 0 spiro atoms. The molecular formula is C18H17ClN4OS. The van der Waals surface area contributed by atoms with E-state index in [4.69, 9.17) is 11.6 Å². The van der Waals surface area contributed by atoms with Gasteiger partial charge in [0.15, 0.2) is 0 Å². The van der Waals surface area contributed by atoms with Crippen LogP contribution in [0.25, 0.3) is 10.6 Å². The zero-order chi connectivity index (χ0) is 17.6. The van der Waals surface area contributed by atoms with E-state index in [-0.39, 0.29) is 6.03 Å². The van der Waals surface area contributed by atoms with Crippen molar-refractivity contribution < 1.29 is 4.79 Å². The Bertz CT molecular complexity index is 849. The van der Waals surface area contributed by atoms with Crippen molar-refractivity contribution in [2.75, 3.05) is 11.9 Å². The molecule has 2 aromatic heterocycles. The number of anilines is 1. The second-order valence-corrected chi connectivity index (χ2v) is 6.93. The van der Waals surface area contributed by atoms with E-state index in [0.717, 1.165) is 27.6 Å². The molecule has 2 amide bonds. The van der Waals surface area contributed by atoms with Gasteiger partial charge >= 0.3 is 6.03 Å². The Morgan fingerprint density at radius 3 is 2.76 bits per heavy atom. The maximum atomic E-state index is 11.9. The first-order valence-electron chi connectivity index (χ1n) is 7.79. The van der Waals surface area contributed by atoms with Crippen LogP contribution in [0.1, 0.15) is 10.6 Å². The number of thiazole rings is 1. The molecule has 0 saturated carbocycles. The van der Waals surface area contributed by atoms with E-state index in [1.807, 2.05) is 19.1 Å². The number of urea groups is 1. The lowest BCUT2D eigenvalue weighted by Gasteiger charge is -2.07. The van der Waals surface area contributed by atoms with Crippen LogP contribution in [-0.2, 0) is 6.42 Å². The average Bonchev–Trinajstić information content (AvgIpc) is 2.99. The maximum Gasteiger partial charge on any atom is 0.319 e. The number of benzene rings is 1. The van der Waals surface area contributed by atoms with Crippen molar-refractivity contribution in [3.05, 3.63) is 64.4 Å². The Balaban J connectivity index is 1.53. The Morgan fingerprint density at radius 2 is 2.04 bits per heavy atom. The molecule has 0 bridgehead atoms. The van der Waals surface area contributed by atoms with E-state index in [9.17, 15) is 4.79 Å². The highest BCUT2D eigenvalue weighted by atomic mass is 35.5. The van der Waals surface area contributed by atoms with E-state index >= 15 is 0 Å². The van der Waals surface area contributed by atoms with Crippen molar-refractivity contribution >= 4 is 34.7 Å². The molecule has 3 aromatic rings. The molecule has 0 aliphatic heterocycles. The largest absolute Gasteiger partial charge is 0.338 e. The summed E-state index contributed by atoms with van der Waals surface area (Å²) in [6.45, 7) is 2.52. The molecule has 7 heteroatoms. The number of rotatable bonds is 5. The molecule has 0 atom stereocenters. The Labute approximate surface area is 155 Å². The first-order chi connectivity index (χ1) is 12.1. The van der Waals surface area contributed by atoms with E-state index in [2.05, 4.69) is 20.6 Å². The van der Waals surface area contributed by atoms with E-state index in [0.29, 0.717) is 17.3 Å². The van der Waals surface area contributed by atoms with Gasteiger partial charge in [-0.25, -0.2) is 9.78 Å². The van der Waals surface area contributed by atoms with Gasteiger partial charge in [0.05, 0.1) is 5.69 Å². The van der Waals surface area contributed by atoms with Crippen LogP contribution in [-0.4, -0.2) is 22.5 Å². The number of carbonyl (C=O) groups is 1. The zero-order valence-corrected chi connectivity index (χ0v) is 15.2. The lowest BCUT2D eigenvalue weighted by atomic mass is 10.3. The lowest BCUT2D eigenvalue weighted by Crippen LogP contribution is -2.30. The minimum atomic E-state index is -0.239. The molecule has 0 unspecified atom stereocenters. The minimum absolute atomic E-state index is 0.239. The Kier molecular flexibility index (Phi) is 5.63. The topological polar surface area (TPSA) is 66.9 Å². The van der Waals surface area contributed by atoms with Crippen molar-refractivity contribution in [1.82, 2.24) is 15.3 Å². The van der Waals surface area contributed by atoms with Gasteiger partial charge in [-0.2, -0.15) is 0 Å². The van der Waals surface area contributed by atoms with E-state index in [1.165, 1.54) is 0 Å². The van der Waals surface area contributed by atoms with Crippen molar-refractivity contribution in [2.24, 2.45) is 0 Å². The normalized spacial score (nSPS) is 10.5. The Hall–Kier alpha value is -2.44. The summed E-state index contributed by atoms with van der Waals surface area (Å²) in [5.41, 5.74) is 2.70. The smallest absolute Gasteiger partial charge is 0.319 e. The quantitative estimate of drug-likeness (QED) is 0.691. The summed E-state index contributed by atoms with van der Waals surface area (Å²) < 4.78 is 0. The third-order valence-electron chi connectivity index (χ3n) is 3.54. The summed E-state index contributed by atoms with van der Waals surface area (Å²) in [5.74, 6) is 0. The number of aromatic nitrogens is 2. The molecule has 1 aromatic carbocycles. The van der Waals surface area contributed by atoms with Gasteiger partial charge in [0, 0.05) is 46.5 Å². The van der Waals surface area contributed by atoms with E-state index in [1.54, 1.807) is 48.0 Å². The molecule has 0 fully saturated rings. The highest BCUT2D eigenvalue weighted by Gasteiger charge is 2.10. The average molecular weight is 373 g/mol. The summed E-state index contributed by atoms with van der Waals surface area (Å²) in [7, 11) is 0. The number of pyridine rings is 1. The molecular weight excluding hydrogens is 356 g/mol. The van der Waals surface area contributed by atoms with Crippen LogP contribution in [0.5, 0.6) is 0 Å². The fourth-order valence-electron chi connectivity index (χ4n) is 2.27. The van der Waals surface area contributed by atoms with E-state index < -0.39 is 0 Å². The predicted molar refractivity (Wildman–Crippen MR) is 102 cm³/mol. The zero-order valence-electron chi connectivity index (χ0n) is 13.6. The summed E-state index contributed by atoms with van der Waals surface area (Å²) in [6, 6.07) is 10.6. The van der Waals surface area contributed by atoms with Crippen LogP contribution in [0.15, 0.2) is 48.8 Å². The second kappa shape index (κ2) is 8.09. The monoisotopic (exact) mass is 372 g/mol. The number of amides is 2. The SMILES string of the molecule is Cc1nc(-c2cccnc2)sc1CCNC(=O)Nc1ccc(Cl)cc1. The van der Waals surface area contributed by atoms with Crippen LogP contribution in [0.4, 0.5) is 10.5 Å². The molecule has 128 valence electrons. The fraction of sp³-hybridized carbons (Fsp3) is 0.167. The Morgan fingerprint density at radius 1 is 1.24 bits per heavy atom. The van der Waals surface area contributed by atoms with Gasteiger partial charge in [-0.1, -0.05) is 11.6 Å². The summed E-state index contributed by atoms with van der Waals surface area (Å²) in [4.78, 5) is 21.8. The van der Waals surface area contributed by atoms with Gasteiger partial charge in [-0.05, 0) is 43.3 Å². The number of halogens is 1. The van der Waals surface area contributed by atoms with Crippen molar-refractivity contribution in [3.8, 4) is 10.6 Å². The molecule has 0 radical (unpaired) electrons. The number of aryl methyl sites for hydroxylation is 1.